The zero-order chi connectivity index (χ0) is 19.6. The number of aromatic nitrogens is 4. The molecule has 1 N–H and O–H groups in total. The Morgan fingerprint density at radius 3 is 2.68 bits per heavy atom. The molecule has 0 atom stereocenters. The zero-order valence-electron chi connectivity index (χ0n) is 16.2. The van der Waals surface area contributed by atoms with Gasteiger partial charge < -0.3 is 14.8 Å². The van der Waals surface area contributed by atoms with Crippen LogP contribution in [0.5, 0.6) is 11.5 Å². The Morgan fingerprint density at radius 1 is 1.07 bits per heavy atom. The van der Waals surface area contributed by atoms with Gasteiger partial charge in [0.1, 0.15) is 6.61 Å². The Labute approximate surface area is 169 Å². The van der Waals surface area contributed by atoms with E-state index in [0.717, 1.165) is 40.1 Å². The van der Waals surface area contributed by atoms with E-state index in [4.69, 9.17) is 9.47 Å². The first-order valence-corrected chi connectivity index (χ1v) is 10.2. The van der Waals surface area contributed by atoms with Crippen molar-refractivity contribution in [3.05, 3.63) is 59.7 Å². The van der Waals surface area contributed by atoms with Crippen LogP contribution in [0, 0.1) is 0 Å². The maximum atomic E-state index is 6.14. The summed E-state index contributed by atoms with van der Waals surface area (Å²) in [5, 5.41) is 15.7. The number of hydrogen-bond donors (Lipinski definition) is 1. The molecule has 0 amide bonds. The average Bonchev–Trinajstić information content (AvgIpc) is 3.13. The first kappa shape index (κ1) is 20.2. The lowest BCUT2D eigenvalue weighted by molar-refractivity contribution is 0.266. The first-order chi connectivity index (χ1) is 13.8. The van der Waals surface area contributed by atoms with Crippen LogP contribution >= 0.6 is 11.8 Å². The van der Waals surface area contributed by atoms with Crippen LogP contribution in [-0.4, -0.2) is 39.1 Å². The molecule has 0 unspecified atom stereocenters. The van der Waals surface area contributed by atoms with Crippen LogP contribution < -0.4 is 14.8 Å². The molecule has 1 heterocycles. The second-order valence-corrected chi connectivity index (χ2v) is 7.12. The number of ether oxygens (including phenoxy) is 2. The van der Waals surface area contributed by atoms with Gasteiger partial charge in [0.05, 0.1) is 6.61 Å². The van der Waals surface area contributed by atoms with Crippen molar-refractivity contribution in [2.75, 3.05) is 18.9 Å². The smallest absolute Gasteiger partial charge is 0.209 e. The summed E-state index contributed by atoms with van der Waals surface area (Å²) in [5.41, 5.74) is 2.20. The van der Waals surface area contributed by atoms with Crippen LogP contribution in [0.2, 0.25) is 0 Å². The molecule has 0 saturated carbocycles. The minimum atomic E-state index is 0.507. The van der Waals surface area contributed by atoms with E-state index in [9.17, 15) is 0 Å². The van der Waals surface area contributed by atoms with Crippen LogP contribution in [0.3, 0.4) is 0 Å². The van der Waals surface area contributed by atoms with Gasteiger partial charge in [-0.15, -0.1) is 5.10 Å². The predicted molar refractivity (Wildman–Crippen MR) is 110 cm³/mol. The summed E-state index contributed by atoms with van der Waals surface area (Å²) < 4.78 is 13.6. The Kier molecular flexibility index (Phi) is 7.69. The minimum Gasteiger partial charge on any atom is -0.490 e. The van der Waals surface area contributed by atoms with Gasteiger partial charge in [-0.2, -0.15) is 0 Å². The number of rotatable bonds is 11. The third-order valence-corrected chi connectivity index (χ3v) is 5.01. The summed E-state index contributed by atoms with van der Waals surface area (Å²) in [6.45, 7) is 4.61. The van der Waals surface area contributed by atoms with Crippen LogP contribution in [0.25, 0.3) is 0 Å². The predicted octanol–water partition coefficient (Wildman–Crippen LogP) is 3.07. The standard InChI is InChI=1S/C20H25N5O2S/c1-3-26-18-11-7-10-17(19(18)27-15-16-8-5-4-6-9-16)14-21-12-13-28-20-22-23-24-25(20)2/h4-11,21H,3,12-15H2,1-2H3. The molecule has 148 valence electrons. The fourth-order valence-corrected chi connectivity index (χ4v) is 3.39. The highest BCUT2D eigenvalue weighted by Crippen LogP contribution is 2.32. The van der Waals surface area contributed by atoms with Crippen molar-refractivity contribution in [3.63, 3.8) is 0 Å². The Bertz CT molecular complexity index is 857. The molecule has 0 aliphatic carbocycles. The molecule has 1 aromatic heterocycles. The molecular weight excluding hydrogens is 374 g/mol. The van der Waals surface area contributed by atoms with E-state index in [1.807, 2.05) is 44.3 Å². The van der Waals surface area contributed by atoms with Crippen molar-refractivity contribution in [1.29, 1.82) is 0 Å². The molecule has 0 radical (unpaired) electrons. The Hall–Kier alpha value is -2.58. The number of benzene rings is 2. The van der Waals surface area contributed by atoms with Gasteiger partial charge in [0, 0.05) is 31.5 Å². The normalized spacial score (nSPS) is 10.8. The molecule has 8 heteroatoms. The number of aryl methyl sites for hydroxylation is 1. The fourth-order valence-electron chi connectivity index (χ4n) is 2.64. The molecule has 3 aromatic rings. The van der Waals surface area contributed by atoms with Crippen molar-refractivity contribution in [2.24, 2.45) is 7.05 Å². The first-order valence-electron chi connectivity index (χ1n) is 9.25. The third kappa shape index (κ3) is 5.71. The molecule has 0 bridgehead atoms. The van der Waals surface area contributed by atoms with Gasteiger partial charge in [0.2, 0.25) is 5.16 Å². The summed E-state index contributed by atoms with van der Waals surface area (Å²) in [4.78, 5) is 0. The summed E-state index contributed by atoms with van der Waals surface area (Å²) in [5.74, 6) is 2.45. The van der Waals surface area contributed by atoms with Gasteiger partial charge in [0.25, 0.3) is 0 Å². The Morgan fingerprint density at radius 2 is 1.93 bits per heavy atom. The number of tetrazole rings is 1. The average molecular weight is 400 g/mol. The molecule has 0 aliphatic rings. The number of nitrogens with one attached hydrogen (secondary N) is 1. The van der Waals surface area contributed by atoms with Gasteiger partial charge in [-0.05, 0) is 29.0 Å². The second kappa shape index (κ2) is 10.7. The molecule has 0 saturated heterocycles. The lowest BCUT2D eigenvalue weighted by Gasteiger charge is -2.16. The lowest BCUT2D eigenvalue weighted by atomic mass is 10.1. The Balaban J connectivity index is 1.57. The minimum absolute atomic E-state index is 0.507. The zero-order valence-corrected chi connectivity index (χ0v) is 17.0. The lowest BCUT2D eigenvalue weighted by Crippen LogP contribution is -2.17. The molecule has 3 rings (SSSR count). The van der Waals surface area contributed by atoms with E-state index in [2.05, 4.69) is 39.0 Å². The van der Waals surface area contributed by atoms with E-state index in [1.54, 1.807) is 16.4 Å². The molecule has 0 aliphatic heterocycles. The van der Waals surface area contributed by atoms with E-state index in [-0.39, 0.29) is 0 Å². The maximum Gasteiger partial charge on any atom is 0.209 e. The van der Waals surface area contributed by atoms with Gasteiger partial charge in [0.15, 0.2) is 11.5 Å². The van der Waals surface area contributed by atoms with Crippen molar-refractivity contribution in [3.8, 4) is 11.5 Å². The molecular formula is C20H25N5O2S. The van der Waals surface area contributed by atoms with Crippen molar-refractivity contribution < 1.29 is 9.47 Å². The topological polar surface area (TPSA) is 74.1 Å². The monoisotopic (exact) mass is 399 g/mol. The molecule has 7 nitrogen and oxygen atoms in total. The van der Waals surface area contributed by atoms with E-state index >= 15 is 0 Å². The summed E-state index contributed by atoms with van der Waals surface area (Å²) in [7, 11) is 1.84. The van der Waals surface area contributed by atoms with Crippen LogP contribution in [0.4, 0.5) is 0 Å². The molecule has 28 heavy (non-hydrogen) atoms. The van der Waals surface area contributed by atoms with Gasteiger partial charge in [-0.3, -0.25) is 0 Å². The van der Waals surface area contributed by atoms with Crippen molar-refractivity contribution >= 4 is 11.8 Å². The molecule has 2 aromatic carbocycles. The van der Waals surface area contributed by atoms with E-state index < -0.39 is 0 Å². The summed E-state index contributed by atoms with van der Waals surface area (Å²) in [6.07, 6.45) is 0. The molecule has 0 spiro atoms. The maximum absolute atomic E-state index is 6.14. The third-order valence-electron chi connectivity index (χ3n) is 3.99. The highest BCUT2D eigenvalue weighted by Gasteiger charge is 2.11. The second-order valence-electron chi connectivity index (χ2n) is 6.06. The number of para-hydroxylation sites is 1. The largest absolute Gasteiger partial charge is 0.490 e. The van der Waals surface area contributed by atoms with Gasteiger partial charge in [-0.1, -0.05) is 54.2 Å². The molecule has 0 fully saturated rings. The highest BCUT2D eigenvalue weighted by atomic mass is 32.2. The van der Waals surface area contributed by atoms with E-state index in [0.29, 0.717) is 19.8 Å². The summed E-state index contributed by atoms with van der Waals surface area (Å²) in [6, 6.07) is 16.2. The van der Waals surface area contributed by atoms with Crippen molar-refractivity contribution in [1.82, 2.24) is 25.5 Å². The van der Waals surface area contributed by atoms with Crippen LogP contribution in [-0.2, 0) is 20.2 Å². The number of hydrogen-bond acceptors (Lipinski definition) is 7. The highest BCUT2D eigenvalue weighted by molar-refractivity contribution is 7.99. The van der Waals surface area contributed by atoms with Gasteiger partial charge in [-0.25, -0.2) is 4.68 Å². The summed E-state index contributed by atoms with van der Waals surface area (Å²) >= 11 is 1.62. The van der Waals surface area contributed by atoms with Gasteiger partial charge >= 0.3 is 0 Å². The fraction of sp³-hybridized carbons (Fsp3) is 0.350. The van der Waals surface area contributed by atoms with Crippen LogP contribution in [0.15, 0.2) is 53.7 Å². The quantitative estimate of drug-likeness (QED) is 0.392. The number of thioether (sulfide) groups is 1. The SMILES string of the molecule is CCOc1cccc(CNCCSc2nnnn2C)c1OCc1ccccc1. The van der Waals surface area contributed by atoms with Crippen LogP contribution in [0.1, 0.15) is 18.1 Å². The van der Waals surface area contributed by atoms with E-state index in [1.165, 1.54) is 0 Å². The number of nitrogens with zero attached hydrogens (tertiary/aromatic N) is 4. The van der Waals surface area contributed by atoms with Crippen molar-refractivity contribution in [2.45, 2.75) is 25.2 Å².